The van der Waals surface area contributed by atoms with Crippen molar-refractivity contribution in [1.29, 1.82) is 0 Å². The van der Waals surface area contributed by atoms with E-state index in [1.54, 1.807) is 51.6 Å². The molecular formula is C20H20N4O3. The summed E-state index contributed by atoms with van der Waals surface area (Å²) in [5, 5.41) is 6.33. The highest BCUT2D eigenvalue weighted by Gasteiger charge is 2.07. The Hall–Kier alpha value is -3.61. The van der Waals surface area contributed by atoms with Crippen molar-refractivity contribution in [1.82, 2.24) is 9.97 Å². The third-order valence-electron chi connectivity index (χ3n) is 3.86. The molecule has 0 aliphatic heterocycles. The molecule has 3 aromatic rings. The van der Waals surface area contributed by atoms with E-state index in [2.05, 4.69) is 20.6 Å². The number of benzene rings is 2. The summed E-state index contributed by atoms with van der Waals surface area (Å²) >= 11 is 0. The number of rotatable bonds is 7. The van der Waals surface area contributed by atoms with Crippen LogP contribution in [0.25, 0.3) is 0 Å². The largest absolute Gasteiger partial charge is 0.493 e. The van der Waals surface area contributed by atoms with Gasteiger partial charge in [0.25, 0.3) is 0 Å². The Balaban J connectivity index is 1.74. The summed E-state index contributed by atoms with van der Waals surface area (Å²) in [6.07, 6.45) is 1.66. The predicted octanol–water partition coefficient (Wildman–Crippen LogP) is 4.18. The molecule has 0 atom stereocenters. The molecule has 0 aliphatic rings. The van der Waals surface area contributed by atoms with Crippen LogP contribution < -0.4 is 20.1 Å². The number of carbonyl (C=O) groups excluding carboxylic acids is 1. The molecular weight excluding hydrogens is 344 g/mol. The van der Waals surface area contributed by atoms with Gasteiger partial charge in [-0.1, -0.05) is 0 Å². The Morgan fingerprint density at radius 1 is 0.889 bits per heavy atom. The first kappa shape index (κ1) is 18.2. The van der Waals surface area contributed by atoms with Gasteiger partial charge >= 0.3 is 0 Å². The third kappa shape index (κ3) is 4.52. The number of anilines is 4. The summed E-state index contributed by atoms with van der Waals surface area (Å²) in [5.41, 5.74) is 2.27. The van der Waals surface area contributed by atoms with Gasteiger partial charge in [-0.15, -0.1) is 0 Å². The molecule has 0 saturated carbocycles. The quantitative estimate of drug-likeness (QED) is 0.608. The zero-order chi connectivity index (χ0) is 19.2. The minimum absolute atomic E-state index is 0.0324. The molecule has 27 heavy (non-hydrogen) atoms. The molecule has 0 bridgehead atoms. The predicted molar refractivity (Wildman–Crippen MR) is 105 cm³/mol. The first-order chi connectivity index (χ1) is 13.1. The minimum atomic E-state index is 0.0324. The van der Waals surface area contributed by atoms with Gasteiger partial charge in [-0.3, -0.25) is 4.79 Å². The van der Waals surface area contributed by atoms with Crippen LogP contribution in [0.2, 0.25) is 0 Å². The zero-order valence-electron chi connectivity index (χ0n) is 15.3. The van der Waals surface area contributed by atoms with Crippen molar-refractivity contribution in [2.75, 3.05) is 24.9 Å². The normalized spacial score (nSPS) is 10.2. The lowest BCUT2D eigenvalue weighted by Gasteiger charge is -2.11. The lowest BCUT2D eigenvalue weighted by molar-refractivity contribution is 0.101. The van der Waals surface area contributed by atoms with E-state index in [0.29, 0.717) is 28.8 Å². The fourth-order valence-corrected chi connectivity index (χ4v) is 2.47. The first-order valence-corrected chi connectivity index (χ1v) is 8.29. The molecule has 1 heterocycles. The average Bonchev–Trinajstić information content (AvgIpc) is 2.68. The number of nitrogens with zero attached hydrogens (tertiary/aromatic N) is 2. The van der Waals surface area contributed by atoms with Crippen LogP contribution in [0.15, 0.2) is 54.7 Å². The van der Waals surface area contributed by atoms with Crippen LogP contribution in [-0.2, 0) is 0 Å². The van der Waals surface area contributed by atoms with Crippen LogP contribution in [-0.4, -0.2) is 30.0 Å². The molecule has 7 nitrogen and oxygen atoms in total. The molecule has 0 aliphatic carbocycles. The maximum atomic E-state index is 11.4. The Kier molecular flexibility index (Phi) is 5.51. The van der Waals surface area contributed by atoms with Crippen LogP contribution >= 0.6 is 0 Å². The summed E-state index contributed by atoms with van der Waals surface area (Å²) in [4.78, 5) is 20.0. The van der Waals surface area contributed by atoms with E-state index in [1.165, 1.54) is 0 Å². The summed E-state index contributed by atoms with van der Waals surface area (Å²) < 4.78 is 10.5. The summed E-state index contributed by atoms with van der Waals surface area (Å²) in [6.45, 7) is 1.54. The second-order valence-electron chi connectivity index (χ2n) is 5.72. The SMILES string of the molecule is COc1ccc(Nc2nccc(Nc3ccc(C(C)=O)cc3)n2)cc1OC. The van der Waals surface area contributed by atoms with Gasteiger partial charge in [-0.05, 0) is 49.4 Å². The first-order valence-electron chi connectivity index (χ1n) is 8.29. The monoisotopic (exact) mass is 364 g/mol. The maximum absolute atomic E-state index is 11.4. The van der Waals surface area contributed by atoms with E-state index in [-0.39, 0.29) is 5.78 Å². The van der Waals surface area contributed by atoms with Crippen molar-refractivity contribution >= 4 is 28.9 Å². The Morgan fingerprint density at radius 2 is 1.59 bits per heavy atom. The van der Waals surface area contributed by atoms with E-state index < -0.39 is 0 Å². The average molecular weight is 364 g/mol. The van der Waals surface area contributed by atoms with Crippen molar-refractivity contribution in [2.45, 2.75) is 6.92 Å². The maximum Gasteiger partial charge on any atom is 0.229 e. The minimum Gasteiger partial charge on any atom is -0.493 e. The van der Waals surface area contributed by atoms with Gasteiger partial charge in [0, 0.05) is 29.2 Å². The zero-order valence-corrected chi connectivity index (χ0v) is 15.3. The fraction of sp³-hybridized carbons (Fsp3) is 0.150. The van der Waals surface area contributed by atoms with Crippen molar-refractivity contribution in [2.24, 2.45) is 0 Å². The molecule has 0 saturated heterocycles. The number of Topliss-reactive ketones (excluding diaryl/α,β-unsaturated/α-hetero) is 1. The number of hydrogen-bond acceptors (Lipinski definition) is 7. The fourth-order valence-electron chi connectivity index (χ4n) is 2.47. The lowest BCUT2D eigenvalue weighted by Crippen LogP contribution is -2.01. The molecule has 2 aromatic carbocycles. The van der Waals surface area contributed by atoms with E-state index in [4.69, 9.17) is 9.47 Å². The number of ketones is 1. The van der Waals surface area contributed by atoms with E-state index in [0.717, 1.165) is 11.4 Å². The van der Waals surface area contributed by atoms with Crippen molar-refractivity contribution in [3.63, 3.8) is 0 Å². The second-order valence-corrected chi connectivity index (χ2v) is 5.72. The molecule has 0 spiro atoms. The second kappa shape index (κ2) is 8.18. The standard InChI is InChI=1S/C20H20N4O3/c1-13(25)14-4-6-15(7-5-14)22-19-10-11-21-20(24-19)23-16-8-9-17(26-2)18(12-16)27-3/h4-12H,1-3H3,(H2,21,22,23,24). The van der Waals surface area contributed by atoms with Crippen LogP contribution in [0.4, 0.5) is 23.1 Å². The molecule has 1 aromatic heterocycles. The number of carbonyl (C=O) groups is 1. The molecule has 3 rings (SSSR count). The van der Waals surface area contributed by atoms with Crippen LogP contribution in [0, 0.1) is 0 Å². The Bertz CT molecular complexity index is 942. The summed E-state index contributed by atoms with van der Waals surface area (Å²) in [6, 6.07) is 14.4. The summed E-state index contributed by atoms with van der Waals surface area (Å²) in [7, 11) is 3.17. The van der Waals surface area contributed by atoms with Crippen LogP contribution in [0.1, 0.15) is 17.3 Å². The van der Waals surface area contributed by atoms with Crippen LogP contribution in [0.3, 0.4) is 0 Å². The van der Waals surface area contributed by atoms with E-state index >= 15 is 0 Å². The van der Waals surface area contributed by atoms with E-state index in [1.807, 2.05) is 24.3 Å². The van der Waals surface area contributed by atoms with Gasteiger partial charge in [0.1, 0.15) is 5.82 Å². The molecule has 0 unspecified atom stereocenters. The molecule has 7 heteroatoms. The molecule has 2 N–H and O–H groups in total. The Labute approximate surface area is 157 Å². The highest BCUT2D eigenvalue weighted by atomic mass is 16.5. The van der Waals surface area contributed by atoms with E-state index in [9.17, 15) is 4.79 Å². The third-order valence-corrected chi connectivity index (χ3v) is 3.86. The number of aromatic nitrogens is 2. The van der Waals surface area contributed by atoms with Gasteiger partial charge < -0.3 is 20.1 Å². The smallest absolute Gasteiger partial charge is 0.229 e. The molecule has 0 radical (unpaired) electrons. The summed E-state index contributed by atoms with van der Waals surface area (Å²) in [5.74, 6) is 2.36. The van der Waals surface area contributed by atoms with Gasteiger partial charge in [0.2, 0.25) is 5.95 Å². The highest BCUT2D eigenvalue weighted by Crippen LogP contribution is 2.30. The molecule has 0 fully saturated rings. The highest BCUT2D eigenvalue weighted by molar-refractivity contribution is 5.94. The van der Waals surface area contributed by atoms with Gasteiger partial charge in [-0.2, -0.15) is 4.98 Å². The van der Waals surface area contributed by atoms with Gasteiger partial charge in [-0.25, -0.2) is 4.98 Å². The van der Waals surface area contributed by atoms with Crippen molar-refractivity contribution in [3.05, 3.63) is 60.3 Å². The number of ether oxygens (including phenoxy) is 2. The van der Waals surface area contributed by atoms with Crippen molar-refractivity contribution in [3.8, 4) is 11.5 Å². The Morgan fingerprint density at radius 3 is 2.26 bits per heavy atom. The number of hydrogen-bond donors (Lipinski definition) is 2. The number of nitrogens with one attached hydrogen (secondary N) is 2. The lowest BCUT2D eigenvalue weighted by atomic mass is 10.1. The molecule has 138 valence electrons. The van der Waals surface area contributed by atoms with Crippen LogP contribution in [0.5, 0.6) is 11.5 Å². The van der Waals surface area contributed by atoms with Gasteiger partial charge in [0.15, 0.2) is 17.3 Å². The number of methoxy groups -OCH3 is 2. The molecule has 0 amide bonds. The van der Waals surface area contributed by atoms with Gasteiger partial charge in [0.05, 0.1) is 14.2 Å². The topological polar surface area (TPSA) is 85.4 Å². The van der Waals surface area contributed by atoms with Crippen molar-refractivity contribution < 1.29 is 14.3 Å².